The first kappa shape index (κ1) is 13.3. The first-order chi connectivity index (χ1) is 8.83. The molecule has 1 saturated carbocycles. The molecule has 2 heterocycles. The highest BCUT2D eigenvalue weighted by Crippen LogP contribution is 2.51. The number of hydrogen-bond donors (Lipinski definition) is 0. The van der Waals surface area contributed by atoms with Gasteiger partial charge in [-0.15, -0.1) is 0 Å². The molecular weight excluding hydrogens is 250 g/mol. The summed E-state index contributed by atoms with van der Waals surface area (Å²) in [7, 11) is 0. The first-order valence-corrected chi connectivity index (χ1v) is 7.24. The Bertz CT molecular complexity index is 381. The van der Waals surface area contributed by atoms with Crippen molar-refractivity contribution in [3.63, 3.8) is 0 Å². The Morgan fingerprint density at radius 3 is 2.16 bits per heavy atom. The normalized spacial score (nSPS) is 32.5. The highest BCUT2D eigenvalue weighted by atomic mass is 19.3. The second-order valence-corrected chi connectivity index (χ2v) is 6.84. The molecular formula is C14H22F2N2O. The quantitative estimate of drug-likeness (QED) is 0.767. The Morgan fingerprint density at radius 2 is 1.74 bits per heavy atom. The zero-order chi connectivity index (χ0) is 13.8. The number of halogens is 2. The van der Waals surface area contributed by atoms with Crippen LogP contribution < -0.4 is 0 Å². The maximum absolute atomic E-state index is 12.9. The van der Waals surface area contributed by atoms with E-state index in [-0.39, 0.29) is 17.7 Å². The van der Waals surface area contributed by atoms with Gasteiger partial charge in [-0.25, -0.2) is 8.78 Å². The molecule has 1 aliphatic carbocycles. The van der Waals surface area contributed by atoms with Gasteiger partial charge in [0.2, 0.25) is 5.91 Å². The van der Waals surface area contributed by atoms with Crippen molar-refractivity contribution in [2.45, 2.75) is 45.1 Å². The Balaban J connectivity index is 1.49. The van der Waals surface area contributed by atoms with Crippen LogP contribution in [0.5, 0.6) is 0 Å². The van der Waals surface area contributed by atoms with Crippen molar-refractivity contribution < 1.29 is 13.6 Å². The van der Waals surface area contributed by atoms with Crippen molar-refractivity contribution in [1.29, 1.82) is 0 Å². The number of alkyl halides is 2. The molecule has 3 aliphatic rings. The topological polar surface area (TPSA) is 23.6 Å². The molecule has 1 atom stereocenters. The molecule has 1 unspecified atom stereocenters. The molecule has 0 aromatic carbocycles. The summed E-state index contributed by atoms with van der Waals surface area (Å²) in [4.78, 5) is 15.9. The van der Waals surface area contributed by atoms with E-state index in [1.165, 1.54) is 0 Å². The summed E-state index contributed by atoms with van der Waals surface area (Å²) in [6, 6.07) is 0.570. The van der Waals surface area contributed by atoms with Gasteiger partial charge in [-0.3, -0.25) is 4.79 Å². The van der Waals surface area contributed by atoms with Gasteiger partial charge < -0.3 is 9.80 Å². The molecule has 108 valence electrons. The highest BCUT2D eigenvalue weighted by Gasteiger charge is 2.64. The van der Waals surface area contributed by atoms with Crippen molar-refractivity contribution in [1.82, 2.24) is 9.80 Å². The lowest BCUT2D eigenvalue weighted by Crippen LogP contribution is -2.62. The summed E-state index contributed by atoms with van der Waals surface area (Å²) in [6.45, 7) is 7.93. The van der Waals surface area contributed by atoms with E-state index in [2.05, 4.69) is 18.7 Å². The van der Waals surface area contributed by atoms with Crippen LogP contribution in [0.2, 0.25) is 0 Å². The van der Waals surface area contributed by atoms with E-state index < -0.39 is 11.8 Å². The molecule has 2 saturated heterocycles. The third kappa shape index (κ3) is 2.26. The minimum Gasteiger partial charge on any atom is -0.341 e. The molecule has 19 heavy (non-hydrogen) atoms. The highest BCUT2D eigenvalue weighted by molar-refractivity contribution is 5.83. The summed E-state index contributed by atoms with van der Waals surface area (Å²) in [6.07, 6.45) is 1.95. The number of carbonyl (C=O) groups is 1. The van der Waals surface area contributed by atoms with Crippen LogP contribution in [-0.2, 0) is 4.79 Å². The maximum atomic E-state index is 12.9. The lowest BCUT2D eigenvalue weighted by molar-refractivity contribution is -0.150. The average Bonchev–Trinajstić information content (AvgIpc) is 2.94. The van der Waals surface area contributed by atoms with Crippen LogP contribution in [-0.4, -0.2) is 53.9 Å². The van der Waals surface area contributed by atoms with Gasteiger partial charge in [-0.1, -0.05) is 0 Å². The van der Waals surface area contributed by atoms with E-state index in [9.17, 15) is 13.6 Å². The van der Waals surface area contributed by atoms with Gasteiger partial charge in [0, 0.05) is 31.0 Å². The third-order valence-corrected chi connectivity index (χ3v) is 5.08. The van der Waals surface area contributed by atoms with Gasteiger partial charge >= 0.3 is 0 Å². The van der Waals surface area contributed by atoms with Gasteiger partial charge in [0.15, 0.2) is 0 Å². The van der Waals surface area contributed by atoms with E-state index in [1.807, 2.05) is 0 Å². The van der Waals surface area contributed by atoms with Crippen LogP contribution in [0.15, 0.2) is 0 Å². The van der Waals surface area contributed by atoms with Gasteiger partial charge in [-0.2, -0.15) is 0 Å². The minimum absolute atomic E-state index is 0.227. The molecule has 3 nitrogen and oxygen atoms in total. The zero-order valence-electron chi connectivity index (χ0n) is 11.7. The number of rotatable bonds is 2. The summed E-state index contributed by atoms with van der Waals surface area (Å²) < 4.78 is 25.8. The van der Waals surface area contributed by atoms with Gasteiger partial charge in [0.1, 0.15) is 5.92 Å². The Labute approximate surface area is 112 Å². The van der Waals surface area contributed by atoms with E-state index >= 15 is 0 Å². The van der Waals surface area contributed by atoms with E-state index in [4.69, 9.17) is 0 Å². The van der Waals surface area contributed by atoms with Gasteiger partial charge in [0.05, 0.1) is 0 Å². The minimum atomic E-state index is -2.72. The molecule has 1 spiro atoms. The number of hydrogen-bond acceptors (Lipinski definition) is 2. The van der Waals surface area contributed by atoms with Crippen LogP contribution >= 0.6 is 0 Å². The van der Waals surface area contributed by atoms with E-state index in [1.54, 1.807) is 4.90 Å². The van der Waals surface area contributed by atoms with Gasteiger partial charge in [-0.05, 0) is 39.8 Å². The number of amides is 1. The van der Waals surface area contributed by atoms with Crippen LogP contribution in [0.1, 0.15) is 33.1 Å². The molecule has 0 aromatic heterocycles. The van der Waals surface area contributed by atoms with Crippen LogP contribution in [0, 0.1) is 11.3 Å². The summed E-state index contributed by atoms with van der Waals surface area (Å²) in [5, 5.41) is 0. The molecule has 0 N–H and O–H groups in total. The number of nitrogens with zero attached hydrogens (tertiary/aromatic N) is 2. The zero-order valence-corrected chi connectivity index (χ0v) is 11.7. The summed E-state index contributed by atoms with van der Waals surface area (Å²) in [5.41, 5.74) is 0.227. The van der Waals surface area contributed by atoms with Crippen LogP contribution in [0.3, 0.4) is 0 Å². The third-order valence-electron chi connectivity index (χ3n) is 5.08. The fourth-order valence-corrected chi connectivity index (χ4v) is 3.45. The predicted octanol–water partition coefficient (Wildman–Crippen LogP) is 1.97. The molecule has 0 bridgehead atoms. The molecule has 3 rings (SSSR count). The van der Waals surface area contributed by atoms with Crippen molar-refractivity contribution >= 4 is 5.91 Å². The molecule has 2 aliphatic heterocycles. The van der Waals surface area contributed by atoms with Crippen molar-refractivity contribution in [3.8, 4) is 0 Å². The average molecular weight is 272 g/mol. The van der Waals surface area contributed by atoms with Crippen molar-refractivity contribution in [3.05, 3.63) is 0 Å². The maximum Gasteiger partial charge on any atom is 0.260 e. The second-order valence-electron chi connectivity index (χ2n) is 6.84. The number of carbonyl (C=O) groups excluding carboxylic acids is 1. The monoisotopic (exact) mass is 272 g/mol. The lowest BCUT2D eigenvalue weighted by Gasteiger charge is -2.54. The van der Waals surface area contributed by atoms with Gasteiger partial charge in [0.25, 0.3) is 5.92 Å². The molecule has 3 fully saturated rings. The Kier molecular flexibility index (Phi) is 2.89. The largest absolute Gasteiger partial charge is 0.341 e. The number of likely N-dealkylation sites (tertiary alicyclic amines) is 2. The van der Waals surface area contributed by atoms with Crippen molar-refractivity contribution in [2.75, 3.05) is 26.2 Å². The summed E-state index contributed by atoms with van der Waals surface area (Å²) in [5.74, 6) is -4.05. The standard InChI is InChI=1S/C14H22F2N2O/c1-10(2)17-5-3-13(4-6-17)8-18(9-13)12(19)11-7-14(11,15)16/h10-11H,3-9H2,1-2H3. The fraction of sp³-hybridized carbons (Fsp3) is 0.929. The summed E-state index contributed by atoms with van der Waals surface area (Å²) >= 11 is 0. The molecule has 5 heteroatoms. The van der Waals surface area contributed by atoms with E-state index in [0.717, 1.165) is 25.9 Å². The second kappa shape index (κ2) is 4.14. The van der Waals surface area contributed by atoms with Crippen molar-refractivity contribution in [2.24, 2.45) is 11.3 Å². The van der Waals surface area contributed by atoms with E-state index in [0.29, 0.717) is 19.1 Å². The first-order valence-electron chi connectivity index (χ1n) is 7.24. The Hall–Kier alpha value is -0.710. The molecule has 1 amide bonds. The molecule has 0 aromatic rings. The SMILES string of the molecule is CC(C)N1CCC2(CC1)CN(C(=O)C1CC1(F)F)C2. The van der Waals surface area contributed by atoms with Crippen LogP contribution in [0.4, 0.5) is 8.78 Å². The van der Waals surface area contributed by atoms with Crippen LogP contribution in [0.25, 0.3) is 0 Å². The smallest absolute Gasteiger partial charge is 0.260 e. The lowest BCUT2D eigenvalue weighted by atomic mass is 9.71. The Morgan fingerprint density at radius 1 is 1.21 bits per heavy atom. The number of piperidine rings is 1. The fourth-order valence-electron chi connectivity index (χ4n) is 3.45. The predicted molar refractivity (Wildman–Crippen MR) is 68.0 cm³/mol. The molecule has 0 radical (unpaired) electrons.